The summed E-state index contributed by atoms with van der Waals surface area (Å²) < 4.78 is 17.7. The van der Waals surface area contributed by atoms with E-state index in [-0.39, 0.29) is 17.7 Å². The zero-order valence-corrected chi connectivity index (χ0v) is 17.8. The highest BCUT2D eigenvalue weighted by Crippen LogP contribution is 2.24. The van der Waals surface area contributed by atoms with Crippen LogP contribution < -0.4 is 14.8 Å². The number of pyridine rings is 1. The zero-order chi connectivity index (χ0) is 21.8. The van der Waals surface area contributed by atoms with Gasteiger partial charge in [0.05, 0.1) is 34.0 Å². The third-order valence-corrected chi connectivity index (χ3v) is 5.58. The van der Waals surface area contributed by atoms with Crippen molar-refractivity contribution in [2.24, 2.45) is 0 Å². The van der Waals surface area contributed by atoms with Gasteiger partial charge in [0, 0.05) is 43.4 Å². The number of rotatable bonds is 7. The molecule has 0 spiro atoms. The van der Waals surface area contributed by atoms with E-state index in [1.165, 1.54) is 14.2 Å². The summed E-state index contributed by atoms with van der Waals surface area (Å²) in [5, 5.41) is 7.48. The first-order chi connectivity index (χ1) is 15.1. The first kappa shape index (κ1) is 21.1. The number of fused-ring (bicyclic) bond motifs is 1. The number of aromatic nitrogens is 3. The number of nitrogens with one attached hydrogen (secondary N) is 1. The molecule has 4 heterocycles. The Kier molecular flexibility index (Phi) is 6.36. The van der Waals surface area contributed by atoms with Gasteiger partial charge >= 0.3 is 0 Å². The molecule has 0 unspecified atom stereocenters. The molecule has 4 rings (SSSR count). The van der Waals surface area contributed by atoms with E-state index in [1.807, 2.05) is 9.58 Å². The highest BCUT2D eigenvalue weighted by Gasteiger charge is 2.29. The second kappa shape index (κ2) is 9.34. The quantitative estimate of drug-likeness (QED) is 0.700. The molecule has 0 bridgehead atoms. The summed E-state index contributed by atoms with van der Waals surface area (Å²) in [6.45, 7) is 3.33. The fourth-order valence-corrected chi connectivity index (χ4v) is 3.97. The van der Waals surface area contributed by atoms with Crippen LogP contribution >= 0.6 is 0 Å². The molecular weight excluding hydrogens is 402 g/mol. The van der Waals surface area contributed by atoms with E-state index in [0.717, 1.165) is 37.2 Å². The molecule has 2 amide bonds. The van der Waals surface area contributed by atoms with Crippen LogP contribution in [0.3, 0.4) is 0 Å². The van der Waals surface area contributed by atoms with Crippen LogP contribution in [0.4, 0.5) is 0 Å². The van der Waals surface area contributed by atoms with Gasteiger partial charge in [0.2, 0.25) is 11.8 Å². The molecular formula is C21H27N5O5. The van der Waals surface area contributed by atoms with Gasteiger partial charge in [-0.25, -0.2) is 0 Å². The standard InChI is InChI=1S/C21H27N5O5/c1-29-17-6-5-14(20(23-17)30-2)19(27)22-8-11-26-16-7-12-31-13-15(16)18(24-26)21(28)25-9-3-4-10-25/h5-6H,3-4,7-13H2,1-2H3,(H,22,27). The van der Waals surface area contributed by atoms with Gasteiger partial charge in [-0.2, -0.15) is 10.1 Å². The first-order valence-electron chi connectivity index (χ1n) is 10.4. The maximum atomic E-state index is 12.9. The van der Waals surface area contributed by atoms with E-state index in [9.17, 15) is 9.59 Å². The molecule has 166 valence electrons. The molecule has 1 N–H and O–H groups in total. The SMILES string of the molecule is COc1ccc(C(=O)NCCn2nc(C(=O)N3CCCC3)c3c2CCOC3)c(OC)n1. The number of ether oxygens (including phenoxy) is 3. The molecule has 10 heteroatoms. The van der Waals surface area contributed by atoms with Crippen molar-refractivity contribution < 1.29 is 23.8 Å². The summed E-state index contributed by atoms with van der Waals surface area (Å²) in [6.07, 6.45) is 2.75. The van der Waals surface area contributed by atoms with E-state index in [2.05, 4.69) is 15.4 Å². The smallest absolute Gasteiger partial charge is 0.274 e. The maximum Gasteiger partial charge on any atom is 0.274 e. The minimum absolute atomic E-state index is 0.0314. The Morgan fingerprint density at radius 1 is 1.19 bits per heavy atom. The number of carbonyl (C=O) groups is 2. The van der Waals surface area contributed by atoms with Crippen molar-refractivity contribution in [2.75, 3.05) is 40.5 Å². The lowest BCUT2D eigenvalue weighted by Crippen LogP contribution is -2.29. The van der Waals surface area contributed by atoms with Crippen LogP contribution in [-0.4, -0.2) is 71.9 Å². The van der Waals surface area contributed by atoms with Crippen LogP contribution in [-0.2, 0) is 24.3 Å². The third kappa shape index (κ3) is 4.34. The summed E-state index contributed by atoms with van der Waals surface area (Å²) in [4.78, 5) is 31.5. The Bertz CT molecular complexity index is 967. The summed E-state index contributed by atoms with van der Waals surface area (Å²) in [5.41, 5.74) is 2.68. The number of amides is 2. The molecule has 2 aliphatic heterocycles. The van der Waals surface area contributed by atoms with Gasteiger partial charge in [-0.05, 0) is 18.9 Å². The lowest BCUT2D eigenvalue weighted by atomic mass is 10.1. The van der Waals surface area contributed by atoms with Crippen molar-refractivity contribution in [1.29, 1.82) is 0 Å². The van der Waals surface area contributed by atoms with E-state index >= 15 is 0 Å². The van der Waals surface area contributed by atoms with E-state index in [0.29, 0.717) is 49.9 Å². The van der Waals surface area contributed by atoms with Gasteiger partial charge < -0.3 is 24.4 Å². The van der Waals surface area contributed by atoms with E-state index in [1.54, 1.807) is 12.1 Å². The lowest BCUT2D eigenvalue weighted by molar-refractivity contribution is 0.0772. The predicted octanol–water partition coefficient (Wildman–Crippen LogP) is 1.03. The van der Waals surface area contributed by atoms with Crippen LogP contribution in [0.1, 0.15) is 44.9 Å². The first-order valence-corrected chi connectivity index (χ1v) is 10.4. The topological polar surface area (TPSA) is 108 Å². The van der Waals surface area contributed by atoms with Crippen LogP contribution in [0.15, 0.2) is 12.1 Å². The Labute approximate surface area is 180 Å². The number of carbonyl (C=O) groups excluding carboxylic acids is 2. The van der Waals surface area contributed by atoms with Crippen molar-refractivity contribution in [2.45, 2.75) is 32.4 Å². The van der Waals surface area contributed by atoms with E-state index in [4.69, 9.17) is 14.2 Å². The largest absolute Gasteiger partial charge is 0.481 e. The summed E-state index contributed by atoms with van der Waals surface area (Å²) >= 11 is 0. The molecule has 0 radical (unpaired) electrons. The second-order valence-corrected chi connectivity index (χ2v) is 7.47. The molecule has 31 heavy (non-hydrogen) atoms. The minimum atomic E-state index is -0.301. The number of likely N-dealkylation sites (tertiary alicyclic amines) is 1. The normalized spacial score (nSPS) is 15.5. The van der Waals surface area contributed by atoms with Gasteiger partial charge in [-0.3, -0.25) is 14.3 Å². The third-order valence-electron chi connectivity index (χ3n) is 5.58. The molecule has 0 aromatic carbocycles. The van der Waals surface area contributed by atoms with Gasteiger partial charge in [0.25, 0.3) is 11.8 Å². The van der Waals surface area contributed by atoms with Crippen molar-refractivity contribution in [3.05, 3.63) is 34.6 Å². The maximum absolute atomic E-state index is 12.9. The summed E-state index contributed by atoms with van der Waals surface area (Å²) in [5.74, 6) is 0.235. The fourth-order valence-electron chi connectivity index (χ4n) is 3.97. The molecule has 0 aliphatic carbocycles. The number of methoxy groups -OCH3 is 2. The minimum Gasteiger partial charge on any atom is -0.481 e. The van der Waals surface area contributed by atoms with Crippen LogP contribution in [0.25, 0.3) is 0 Å². The summed E-state index contributed by atoms with van der Waals surface area (Å²) in [6, 6.07) is 3.22. The van der Waals surface area contributed by atoms with E-state index < -0.39 is 0 Å². The predicted molar refractivity (Wildman–Crippen MR) is 110 cm³/mol. The average molecular weight is 429 g/mol. The van der Waals surface area contributed by atoms with Gasteiger partial charge in [0.15, 0.2) is 5.69 Å². The van der Waals surface area contributed by atoms with Gasteiger partial charge in [-0.15, -0.1) is 0 Å². The van der Waals surface area contributed by atoms with Crippen molar-refractivity contribution in [3.8, 4) is 11.8 Å². The Morgan fingerprint density at radius 3 is 2.74 bits per heavy atom. The van der Waals surface area contributed by atoms with Gasteiger partial charge in [-0.1, -0.05) is 0 Å². The fraction of sp³-hybridized carbons (Fsp3) is 0.524. The molecule has 2 aromatic heterocycles. The summed E-state index contributed by atoms with van der Waals surface area (Å²) in [7, 11) is 2.95. The Balaban J connectivity index is 1.45. The zero-order valence-electron chi connectivity index (χ0n) is 17.8. The van der Waals surface area contributed by atoms with Crippen LogP contribution in [0.5, 0.6) is 11.8 Å². The molecule has 0 atom stereocenters. The number of nitrogens with zero attached hydrogens (tertiary/aromatic N) is 4. The second-order valence-electron chi connectivity index (χ2n) is 7.47. The molecule has 2 aromatic rings. The molecule has 10 nitrogen and oxygen atoms in total. The monoisotopic (exact) mass is 429 g/mol. The molecule has 0 saturated carbocycles. The lowest BCUT2D eigenvalue weighted by Gasteiger charge is -2.17. The molecule has 1 saturated heterocycles. The Hall–Kier alpha value is -3.14. The highest BCUT2D eigenvalue weighted by molar-refractivity contribution is 5.96. The van der Waals surface area contributed by atoms with Crippen molar-refractivity contribution >= 4 is 11.8 Å². The number of hydrogen-bond acceptors (Lipinski definition) is 7. The highest BCUT2D eigenvalue weighted by atomic mass is 16.5. The Morgan fingerprint density at radius 2 is 2.00 bits per heavy atom. The average Bonchev–Trinajstić information content (AvgIpc) is 3.47. The van der Waals surface area contributed by atoms with Crippen LogP contribution in [0.2, 0.25) is 0 Å². The molecule has 1 fully saturated rings. The number of hydrogen-bond donors (Lipinski definition) is 1. The van der Waals surface area contributed by atoms with Crippen molar-refractivity contribution in [1.82, 2.24) is 25.0 Å². The van der Waals surface area contributed by atoms with Gasteiger partial charge in [0.1, 0.15) is 5.56 Å². The van der Waals surface area contributed by atoms with Crippen molar-refractivity contribution in [3.63, 3.8) is 0 Å². The van der Waals surface area contributed by atoms with Crippen LogP contribution in [0, 0.1) is 0 Å². The molecule has 2 aliphatic rings.